The Hall–Kier alpha value is -3.75. The minimum atomic E-state index is -4.46. The number of benzene rings is 2. The molecule has 0 radical (unpaired) electrons. The summed E-state index contributed by atoms with van der Waals surface area (Å²) in [4.78, 5) is 8.30. The van der Waals surface area contributed by atoms with Crippen LogP contribution in [0.4, 0.5) is 19.0 Å². The highest BCUT2D eigenvalue weighted by atomic mass is 19.4. The van der Waals surface area contributed by atoms with E-state index in [-0.39, 0.29) is 34.6 Å². The van der Waals surface area contributed by atoms with E-state index in [0.717, 1.165) is 12.1 Å². The van der Waals surface area contributed by atoms with Gasteiger partial charge in [-0.05, 0) is 24.3 Å². The summed E-state index contributed by atoms with van der Waals surface area (Å²) in [5, 5.41) is 7.90. The standard InChI is InChI=1S/C19H12F3N5O/c20-19(21,22)13-8-4-7-12(9-13)14-10-24-16(23)15(25-14)18-27-26-17(28-18)11-5-2-1-3-6-11/h1-10H,(H2,23,24). The van der Waals surface area contributed by atoms with Gasteiger partial charge in [0.05, 0.1) is 17.5 Å². The fourth-order valence-electron chi connectivity index (χ4n) is 2.57. The molecule has 0 unspecified atom stereocenters. The van der Waals surface area contributed by atoms with E-state index in [1.807, 2.05) is 18.2 Å². The lowest BCUT2D eigenvalue weighted by atomic mass is 10.1. The molecular formula is C19H12F3N5O. The van der Waals surface area contributed by atoms with Crippen LogP contribution in [0.1, 0.15) is 5.56 Å². The van der Waals surface area contributed by atoms with Crippen LogP contribution in [-0.2, 0) is 6.18 Å². The van der Waals surface area contributed by atoms with Gasteiger partial charge in [0.2, 0.25) is 5.89 Å². The molecule has 140 valence electrons. The van der Waals surface area contributed by atoms with Crippen molar-refractivity contribution >= 4 is 5.82 Å². The lowest BCUT2D eigenvalue weighted by molar-refractivity contribution is -0.137. The molecule has 2 aromatic carbocycles. The number of hydrogen-bond donors (Lipinski definition) is 1. The second-order valence-corrected chi connectivity index (χ2v) is 5.85. The number of halogens is 3. The SMILES string of the molecule is Nc1ncc(-c2cccc(C(F)(F)F)c2)nc1-c1nnc(-c2ccccc2)o1. The van der Waals surface area contributed by atoms with Crippen molar-refractivity contribution < 1.29 is 17.6 Å². The molecule has 28 heavy (non-hydrogen) atoms. The molecule has 0 atom stereocenters. The Balaban J connectivity index is 1.74. The first-order valence-electron chi connectivity index (χ1n) is 8.11. The summed E-state index contributed by atoms with van der Waals surface area (Å²) in [6.45, 7) is 0. The summed E-state index contributed by atoms with van der Waals surface area (Å²) in [6.07, 6.45) is -3.17. The molecule has 0 saturated carbocycles. The molecule has 0 aliphatic rings. The first-order valence-corrected chi connectivity index (χ1v) is 8.11. The van der Waals surface area contributed by atoms with E-state index < -0.39 is 11.7 Å². The monoisotopic (exact) mass is 383 g/mol. The minimum absolute atomic E-state index is 0.0256. The number of hydrogen-bond acceptors (Lipinski definition) is 6. The first kappa shape index (κ1) is 17.7. The fourth-order valence-corrected chi connectivity index (χ4v) is 2.57. The highest BCUT2D eigenvalue weighted by Crippen LogP contribution is 2.33. The molecule has 0 fully saturated rings. The highest BCUT2D eigenvalue weighted by Gasteiger charge is 2.30. The number of nitrogens with two attached hydrogens (primary N) is 1. The fraction of sp³-hybridized carbons (Fsp3) is 0.0526. The van der Waals surface area contributed by atoms with Crippen molar-refractivity contribution in [3.8, 4) is 34.3 Å². The van der Waals surface area contributed by atoms with Crippen LogP contribution in [0, 0.1) is 0 Å². The Morgan fingerprint density at radius 2 is 1.57 bits per heavy atom. The van der Waals surface area contributed by atoms with E-state index in [1.54, 1.807) is 12.1 Å². The van der Waals surface area contributed by atoms with E-state index in [4.69, 9.17) is 10.2 Å². The molecule has 9 heteroatoms. The topological polar surface area (TPSA) is 90.7 Å². The molecule has 4 aromatic rings. The molecule has 0 bridgehead atoms. The molecule has 0 aliphatic carbocycles. The summed E-state index contributed by atoms with van der Waals surface area (Å²) in [6, 6.07) is 13.9. The van der Waals surface area contributed by atoms with Crippen molar-refractivity contribution in [2.75, 3.05) is 5.73 Å². The van der Waals surface area contributed by atoms with Crippen molar-refractivity contribution in [1.82, 2.24) is 20.2 Å². The van der Waals surface area contributed by atoms with Gasteiger partial charge in [-0.15, -0.1) is 10.2 Å². The molecule has 0 spiro atoms. The van der Waals surface area contributed by atoms with Gasteiger partial charge in [0, 0.05) is 11.1 Å². The second-order valence-electron chi connectivity index (χ2n) is 5.85. The summed E-state index contributed by atoms with van der Waals surface area (Å²) < 4.78 is 44.5. The third kappa shape index (κ3) is 3.41. The van der Waals surface area contributed by atoms with Crippen LogP contribution in [0.15, 0.2) is 65.2 Å². The number of rotatable bonds is 3. The van der Waals surface area contributed by atoms with E-state index in [0.29, 0.717) is 5.56 Å². The van der Waals surface area contributed by atoms with Gasteiger partial charge >= 0.3 is 6.18 Å². The lowest BCUT2D eigenvalue weighted by Crippen LogP contribution is -2.05. The summed E-state index contributed by atoms with van der Waals surface area (Å²) in [5.74, 6) is 0.318. The lowest BCUT2D eigenvalue weighted by Gasteiger charge is -2.09. The van der Waals surface area contributed by atoms with Gasteiger partial charge in [0.25, 0.3) is 5.89 Å². The van der Waals surface area contributed by atoms with Crippen LogP contribution in [-0.4, -0.2) is 20.2 Å². The predicted molar refractivity (Wildman–Crippen MR) is 95.6 cm³/mol. The zero-order chi connectivity index (χ0) is 19.7. The highest BCUT2D eigenvalue weighted by molar-refractivity contribution is 5.69. The van der Waals surface area contributed by atoms with Crippen LogP contribution < -0.4 is 5.73 Å². The van der Waals surface area contributed by atoms with Crippen molar-refractivity contribution in [2.24, 2.45) is 0 Å². The summed E-state index contributed by atoms with van der Waals surface area (Å²) >= 11 is 0. The molecule has 0 saturated heterocycles. The maximum Gasteiger partial charge on any atom is 0.416 e. The smallest absolute Gasteiger partial charge is 0.414 e. The van der Waals surface area contributed by atoms with Gasteiger partial charge in [-0.3, -0.25) is 0 Å². The number of alkyl halides is 3. The Bertz CT molecular complexity index is 1130. The van der Waals surface area contributed by atoms with Crippen LogP contribution in [0.3, 0.4) is 0 Å². The van der Waals surface area contributed by atoms with Gasteiger partial charge in [-0.25, -0.2) is 9.97 Å². The average Bonchev–Trinajstić information content (AvgIpc) is 3.18. The van der Waals surface area contributed by atoms with Gasteiger partial charge in [-0.1, -0.05) is 30.3 Å². The average molecular weight is 383 g/mol. The van der Waals surface area contributed by atoms with Gasteiger partial charge in [0.1, 0.15) is 0 Å². The molecule has 2 heterocycles. The summed E-state index contributed by atoms with van der Waals surface area (Å²) in [7, 11) is 0. The molecular weight excluding hydrogens is 371 g/mol. The minimum Gasteiger partial charge on any atom is -0.414 e. The van der Waals surface area contributed by atoms with Crippen LogP contribution in [0.25, 0.3) is 34.3 Å². The van der Waals surface area contributed by atoms with Crippen LogP contribution >= 0.6 is 0 Å². The van der Waals surface area contributed by atoms with Gasteiger partial charge in [0.15, 0.2) is 11.5 Å². The quantitative estimate of drug-likeness (QED) is 0.562. The molecule has 4 rings (SSSR count). The largest absolute Gasteiger partial charge is 0.416 e. The van der Waals surface area contributed by atoms with Crippen molar-refractivity contribution in [3.63, 3.8) is 0 Å². The molecule has 2 aromatic heterocycles. The Labute approximate surface area is 156 Å². The third-order valence-electron chi connectivity index (χ3n) is 3.93. The first-order chi connectivity index (χ1) is 13.4. The zero-order valence-electron chi connectivity index (χ0n) is 14.2. The molecule has 2 N–H and O–H groups in total. The predicted octanol–water partition coefficient (Wildman–Crippen LogP) is 4.46. The second kappa shape index (κ2) is 6.76. The van der Waals surface area contributed by atoms with Crippen molar-refractivity contribution in [1.29, 1.82) is 0 Å². The summed E-state index contributed by atoms with van der Waals surface area (Å²) in [5.41, 5.74) is 6.34. The molecule has 0 amide bonds. The van der Waals surface area contributed by atoms with Gasteiger partial charge < -0.3 is 10.2 Å². The van der Waals surface area contributed by atoms with Crippen molar-refractivity contribution in [3.05, 3.63) is 66.4 Å². The maximum atomic E-state index is 13.0. The van der Waals surface area contributed by atoms with E-state index >= 15 is 0 Å². The zero-order valence-corrected chi connectivity index (χ0v) is 14.2. The Morgan fingerprint density at radius 1 is 0.857 bits per heavy atom. The maximum absolute atomic E-state index is 13.0. The number of nitrogens with zero attached hydrogens (tertiary/aromatic N) is 4. The van der Waals surface area contributed by atoms with E-state index in [9.17, 15) is 13.2 Å². The Morgan fingerprint density at radius 3 is 2.32 bits per heavy atom. The van der Waals surface area contributed by atoms with Gasteiger partial charge in [-0.2, -0.15) is 13.2 Å². The number of nitrogen functional groups attached to an aromatic ring is 1. The Kier molecular flexibility index (Phi) is 4.26. The van der Waals surface area contributed by atoms with E-state index in [1.165, 1.54) is 18.3 Å². The van der Waals surface area contributed by atoms with E-state index in [2.05, 4.69) is 20.2 Å². The number of anilines is 1. The van der Waals surface area contributed by atoms with Crippen LogP contribution in [0.2, 0.25) is 0 Å². The third-order valence-corrected chi connectivity index (χ3v) is 3.93. The molecule has 6 nitrogen and oxygen atoms in total. The normalized spacial score (nSPS) is 11.5. The number of aromatic nitrogens is 4. The van der Waals surface area contributed by atoms with Crippen LogP contribution in [0.5, 0.6) is 0 Å². The van der Waals surface area contributed by atoms with Crippen molar-refractivity contribution in [2.45, 2.75) is 6.18 Å². The molecule has 0 aliphatic heterocycles.